The molecule has 1 atom stereocenters. The molecular formula is C16H14BrNO2. The lowest BCUT2D eigenvalue weighted by Gasteiger charge is -2.28. The van der Waals surface area contributed by atoms with Crippen LogP contribution in [0.25, 0.3) is 0 Å². The summed E-state index contributed by atoms with van der Waals surface area (Å²) in [6.07, 6.45) is 5.68. The Morgan fingerprint density at radius 2 is 2.35 bits per heavy atom. The van der Waals surface area contributed by atoms with Gasteiger partial charge in [0.2, 0.25) is 0 Å². The summed E-state index contributed by atoms with van der Waals surface area (Å²) in [5.74, 6) is 0.702. The molecule has 1 unspecified atom stereocenters. The van der Waals surface area contributed by atoms with Crippen LogP contribution in [0, 0.1) is 11.3 Å². The van der Waals surface area contributed by atoms with Crippen molar-refractivity contribution in [2.75, 3.05) is 6.61 Å². The van der Waals surface area contributed by atoms with Crippen molar-refractivity contribution in [3.8, 4) is 11.8 Å². The largest absolute Gasteiger partial charge is 0.489 e. The predicted octanol–water partition coefficient (Wildman–Crippen LogP) is 3.69. The van der Waals surface area contributed by atoms with Crippen LogP contribution in [0.15, 0.2) is 47.5 Å². The number of halogens is 1. The van der Waals surface area contributed by atoms with E-state index in [9.17, 15) is 10.1 Å². The maximum atomic E-state index is 11.4. The molecule has 0 saturated carbocycles. The van der Waals surface area contributed by atoms with Gasteiger partial charge in [0.15, 0.2) is 5.78 Å². The molecule has 1 aromatic rings. The highest BCUT2D eigenvalue weighted by Gasteiger charge is 2.35. The second kappa shape index (κ2) is 6.06. The van der Waals surface area contributed by atoms with Gasteiger partial charge >= 0.3 is 0 Å². The quantitative estimate of drug-likeness (QED) is 0.790. The van der Waals surface area contributed by atoms with Crippen LogP contribution in [0.4, 0.5) is 0 Å². The molecule has 4 heteroatoms. The monoisotopic (exact) mass is 331 g/mol. The van der Waals surface area contributed by atoms with E-state index in [1.165, 1.54) is 6.08 Å². The minimum atomic E-state index is -0.811. The summed E-state index contributed by atoms with van der Waals surface area (Å²) in [5.41, 5.74) is -0.0336. The molecule has 1 aliphatic rings. The maximum Gasteiger partial charge on any atom is 0.155 e. The topological polar surface area (TPSA) is 50.1 Å². The summed E-state index contributed by atoms with van der Waals surface area (Å²) in [6.45, 7) is 4.00. The van der Waals surface area contributed by atoms with Crippen LogP contribution in [0.5, 0.6) is 5.75 Å². The summed E-state index contributed by atoms with van der Waals surface area (Å²) < 4.78 is 6.51. The first-order valence-corrected chi connectivity index (χ1v) is 7.07. The van der Waals surface area contributed by atoms with Crippen LogP contribution < -0.4 is 4.74 Å². The van der Waals surface area contributed by atoms with Gasteiger partial charge in [-0.25, -0.2) is 0 Å². The molecular weight excluding hydrogens is 318 g/mol. The number of hydrogen-bond donors (Lipinski definition) is 0. The SMILES string of the molecule is C=CCOc1ccc(Br)cc1C1(C#N)C=CC(=O)CC1. The zero-order valence-corrected chi connectivity index (χ0v) is 12.5. The molecule has 0 saturated heterocycles. The fraction of sp³-hybridized carbons (Fsp3) is 0.250. The third-order valence-corrected chi connectivity index (χ3v) is 3.79. The molecule has 0 radical (unpaired) electrons. The molecule has 0 aliphatic heterocycles. The minimum Gasteiger partial charge on any atom is -0.489 e. The van der Waals surface area contributed by atoms with Crippen LogP contribution in [0.2, 0.25) is 0 Å². The summed E-state index contributed by atoms with van der Waals surface area (Å²) >= 11 is 3.42. The number of nitrogens with zero attached hydrogens (tertiary/aromatic N) is 1. The van der Waals surface area contributed by atoms with Gasteiger partial charge in [-0.1, -0.05) is 34.7 Å². The maximum absolute atomic E-state index is 11.4. The van der Waals surface area contributed by atoms with E-state index in [2.05, 4.69) is 28.6 Å². The van der Waals surface area contributed by atoms with Crippen molar-refractivity contribution in [2.24, 2.45) is 0 Å². The number of rotatable bonds is 4. The first kappa shape index (κ1) is 14.5. The standard InChI is InChI=1S/C16H14BrNO2/c1-2-9-20-15-4-3-12(17)10-14(15)16(11-18)7-5-13(19)6-8-16/h2-5,7,10H,1,6,8-9H2. The summed E-state index contributed by atoms with van der Waals surface area (Å²) in [7, 11) is 0. The molecule has 20 heavy (non-hydrogen) atoms. The summed E-state index contributed by atoms with van der Waals surface area (Å²) in [5, 5.41) is 9.62. The van der Waals surface area contributed by atoms with Gasteiger partial charge in [0, 0.05) is 16.5 Å². The van der Waals surface area contributed by atoms with Crippen molar-refractivity contribution in [1.82, 2.24) is 0 Å². The third-order valence-electron chi connectivity index (χ3n) is 3.30. The van der Waals surface area contributed by atoms with E-state index >= 15 is 0 Å². The average Bonchev–Trinajstić information content (AvgIpc) is 2.47. The fourth-order valence-corrected chi connectivity index (χ4v) is 2.59. The van der Waals surface area contributed by atoms with Gasteiger partial charge in [0.1, 0.15) is 17.8 Å². The van der Waals surface area contributed by atoms with Gasteiger partial charge in [-0.3, -0.25) is 4.79 Å². The number of ether oxygens (including phenoxy) is 1. The van der Waals surface area contributed by atoms with Gasteiger partial charge < -0.3 is 4.74 Å². The number of benzene rings is 1. The molecule has 3 nitrogen and oxygen atoms in total. The van der Waals surface area contributed by atoms with Crippen molar-refractivity contribution < 1.29 is 9.53 Å². The number of nitriles is 1. The fourth-order valence-electron chi connectivity index (χ4n) is 2.23. The second-order valence-electron chi connectivity index (χ2n) is 4.62. The Labute approximate surface area is 126 Å². The van der Waals surface area contributed by atoms with Gasteiger partial charge in [-0.05, 0) is 30.7 Å². The Balaban J connectivity index is 2.51. The Morgan fingerprint density at radius 1 is 1.55 bits per heavy atom. The highest BCUT2D eigenvalue weighted by Crippen LogP contribution is 2.40. The number of carbonyl (C=O) groups excluding carboxylic acids is 1. The predicted molar refractivity (Wildman–Crippen MR) is 80.5 cm³/mol. The van der Waals surface area contributed by atoms with E-state index in [-0.39, 0.29) is 5.78 Å². The average molecular weight is 332 g/mol. The Hall–Kier alpha value is -1.86. The molecule has 0 N–H and O–H groups in total. The minimum absolute atomic E-state index is 0.0550. The Bertz CT molecular complexity index is 615. The molecule has 1 aliphatic carbocycles. The van der Waals surface area contributed by atoms with E-state index in [0.717, 1.165) is 10.0 Å². The first-order chi connectivity index (χ1) is 9.61. The van der Waals surface area contributed by atoms with Crippen LogP contribution in [-0.2, 0) is 10.2 Å². The van der Waals surface area contributed by atoms with E-state index < -0.39 is 5.41 Å². The first-order valence-electron chi connectivity index (χ1n) is 6.28. The van der Waals surface area contributed by atoms with E-state index in [4.69, 9.17) is 4.74 Å². The highest BCUT2D eigenvalue weighted by molar-refractivity contribution is 9.10. The molecule has 0 spiro atoms. The Morgan fingerprint density at radius 3 is 2.95 bits per heavy atom. The van der Waals surface area contributed by atoms with Crippen LogP contribution in [0.3, 0.4) is 0 Å². The normalized spacial score (nSPS) is 21.3. The van der Waals surface area contributed by atoms with Crippen molar-refractivity contribution in [3.05, 3.63) is 53.0 Å². The number of allylic oxidation sites excluding steroid dienone is 2. The summed E-state index contributed by atoms with van der Waals surface area (Å²) in [6, 6.07) is 7.90. The van der Waals surface area contributed by atoms with E-state index in [1.54, 1.807) is 12.2 Å². The van der Waals surface area contributed by atoms with Gasteiger partial charge in [-0.2, -0.15) is 5.26 Å². The number of hydrogen-bond acceptors (Lipinski definition) is 3. The van der Waals surface area contributed by atoms with Crippen LogP contribution in [0.1, 0.15) is 18.4 Å². The highest BCUT2D eigenvalue weighted by atomic mass is 79.9. The molecule has 0 bridgehead atoms. The van der Waals surface area contributed by atoms with Gasteiger partial charge in [0.25, 0.3) is 0 Å². The van der Waals surface area contributed by atoms with Crippen LogP contribution in [-0.4, -0.2) is 12.4 Å². The smallest absolute Gasteiger partial charge is 0.155 e. The van der Waals surface area contributed by atoms with Crippen molar-refractivity contribution in [2.45, 2.75) is 18.3 Å². The zero-order valence-electron chi connectivity index (χ0n) is 10.9. The number of carbonyl (C=O) groups is 1. The summed E-state index contributed by atoms with van der Waals surface area (Å²) in [4.78, 5) is 11.4. The molecule has 0 heterocycles. The lowest BCUT2D eigenvalue weighted by atomic mass is 9.74. The Kier molecular flexibility index (Phi) is 4.41. The molecule has 102 valence electrons. The molecule has 0 aromatic heterocycles. The molecule has 0 fully saturated rings. The lowest BCUT2D eigenvalue weighted by molar-refractivity contribution is -0.115. The van der Waals surface area contributed by atoms with Crippen molar-refractivity contribution in [1.29, 1.82) is 5.26 Å². The van der Waals surface area contributed by atoms with Crippen molar-refractivity contribution in [3.63, 3.8) is 0 Å². The van der Waals surface area contributed by atoms with E-state index in [1.807, 2.05) is 18.2 Å². The van der Waals surface area contributed by atoms with Gasteiger partial charge in [-0.15, -0.1) is 0 Å². The second-order valence-corrected chi connectivity index (χ2v) is 5.54. The zero-order chi connectivity index (χ0) is 14.6. The molecule has 1 aromatic carbocycles. The lowest BCUT2D eigenvalue weighted by Crippen LogP contribution is -2.26. The van der Waals surface area contributed by atoms with Crippen molar-refractivity contribution >= 4 is 21.7 Å². The third kappa shape index (κ3) is 2.83. The van der Waals surface area contributed by atoms with Gasteiger partial charge in [0.05, 0.1) is 6.07 Å². The van der Waals surface area contributed by atoms with Crippen LogP contribution >= 0.6 is 15.9 Å². The molecule has 2 rings (SSSR count). The van der Waals surface area contributed by atoms with E-state index in [0.29, 0.717) is 25.2 Å². The number of ketones is 1. The molecule has 0 amide bonds.